The third kappa shape index (κ3) is 3.50. The van der Waals surface area contributed by atoms with Crippen molar-refractivity contribution in [2.45, 2.75) is 50.1 Å². The van der Waals surface area contributed by atoms with Crippen molar-refractivity contribution in [3.05, 3.63) is 18.5 Å². The normalized spacial score (nSPS) is 24.2. The van der Waals surface area contributed by atoms with Crippen LogP contribution in [0.1, 0.15) is 38.5 Å². The van der Waals surface area contributed by atoms with E-state index in [0.29, 0.717) is 6.42 Å². The zero-order chi connectivity index (χ0) is 14.7. The summed E-state index contributed by atoms with van der Waals surface area (Å²) in [6, 6.07) is 1.98. The van der Waals surface area contributed by atoms with Crippen molar-refractivity contribution >= 4 is 11.9 Å². The lowest BCUT2D eigenvalue weighted by Crippen LogP contribution is -2.53. The van der Waals surface area contributed by atoms with Crippen LogP contribution in [0.3, 0.4) is 0 Å². The van der Waals surface area contributed by atoms with Crippen LogP contribution in [0.25, 0.3) is 0 Å². The van der Waals surface area contributed by atoms with E-state index in [4.69, 9.17) is 5.73 Å². The lowest BCUT2D eigenvalue weighted by Gasteiger charge is -2.38. The molecule has 3 N–H and O–H groups in total. The summed E-state index contributed by atoms with van der Waals surface area (Å²) in [4.78, 5) is 22.8. The Morgan fingerprint density at radius 3 is 2.81 bits per heavy atom. The van der Waals surface area contributed by atoms with Gasteiger partial charge in [0.05, 0.1) is 0 Å². The monoisotopic (exact) mass is 289 g/mol. The Bertz CT molecular complexity index is 488. The molecule has 1 amide bonds. The Balaban J connectivity index is 1.53. The summed E-state index contributed by atoms with van der Waals surface area (Å²) < 4.78 is 0. The smallest absolute Gasteiger partial charge is 0.225 e. The zero-order valence-corrected chi connectivity index (χ0v) is 12.3. The predicted octanol–water partition coefficient (Wildman–Crippen LogP) is 0.833. The Labute approximate surface area is 125 Å². The highest BCUT2D eigenvalue weighted by atomic mass is 16.1. The standard InChI is InChI=1S/C15H23N5O/c16-15(5-2-6-15)10-13(21)19-12-4-1-9-20(11-12)14-17-7-3-8-18-14/h3,7-8,12H,1-2,4-6,9-11,16H2,(H,19,21). The second kappa shape index (κ2) is 5.97. The third-order valence-corrected chi connectivity index (χ3v) is 4.48. The molecule has 1 atom stereocenters. The first-order chi connectivity index (χ1) is 10.1. The highest BCUT2D eigenvalue weighted by Crippen LogP contribution is 2.32. The van der Waals surface area contributed by atoms with Gasteiger partial charge in [0.2, 0.25) is 11.9 Å². The topological polar surface area (TPSA) is 84.1 Å². The molecule has 6 heteroatoms. The van der Waals surface area contributed by atoms with E-state index in [0.717, 1.165) is 51.1 Å². The fourth-order valence-corrected chi connectivity index (χ4v) is 3.14. The summed E-state index contributed by atoms with van der Waals surface area (Å²) >= 11 is 0. The Morgan fingerprint density at radius 2 is 2.14 bits per heavy atom. The van der Waals surface area contributed by atoms with Crippen LogP contribution in [0, 0.1) is 0 Å². The Morgan fingerprint density at radius 1 is 1.38 bits per heavy atom. The molecule has 0 aromatic carbocycles. The van der Waals surface area contributed by atoms with Gasteiger partial charge >= 0.3 is 0 Å². The molecule has 1 saturated carbocycles. The van der Waals surface area contributed by atoms with Crippen molar-refractivity contribution in [3.63, 3.8) is 0 Å². The van der Waals surface area contributed by atoms with Gasteiger partial charge in [-0.05, 0) is 38.2 Å². The molecular weight excluding hydrogens is 266 g/mol. The minimum atomic E-state index is -0.249. The van der Waals surface area contributed by atoms with Crippen molar-refractivity contribution in [1.82, 2.24) is 15.3 Å². The quantitative estimate of drug-likeness (QED) is 0.858. The average molecular weight is 289 g/mol. The fraction of sp³-hybridized carbons (Fsp3) is 0.667. The lowest BCUT2D eigenvalue weighted by atomic mass is 9.75. The van der Waals surface area contributed by atoms with Crippen molar-refractivity contribution in [1.29, 1.82) is 0 Å². The number of rotatable bonds is 4. The van der Waals surface area contributed by atoms with Gasteiger partial charge in [0.1, 0.15) is 0 Å². The molecule has 6 nitrogen and oxygen atoms in total. The van der Waals surface area contributed by atoms with Crippen molar-refractivity contribution < 1.29 is 4.79 Å². The molecule has 2 heterocycles. The minimum Gasteiger partial charge on any atom is -0.352 e. The number of carbonyl (C=O) groups excluding carboxylic acids is 1. The molecule has 0 bridgehead atoms. The molecule has 1 aromatic rings. The molecule has 3 rings (SSSR count). The van der Waals surface area contributed by atoms with E-state index in [9.17, 15) is 4.79 Å². The van der Waals surface area contributed by atoms with E-state index < -0.39 is 0 Å². The molecule has 1 unspecified atom stereocenters. The second-order valence-corrected chi connectivity index (χ2v) is 6.29. The van der Waals surface area contributed by atoms with Crippen molar-refractivity contribution in [3.8, 4) is 0 Å². The summed E-state index contributed by atoms with van der Waals surface area (Å²) in [6.45, 7) is 1.71. The molecule has 1 aromatic heterocycles. The molecule has 114 valence electrons. The molecule has 1 saturated heterocycles. The number of anilines is 1. The van der Waals surface area contributed by atoms with Gasteiger partial charge in [0.15, 0.2) is 0 Å². The maximum atomic E-state index is 12.1. The second-order valence-electron chi connectivity index (χ2n) is 6.29. The van der Waals surface area contributed by atoms with Crippen molar-refractivity contribution in [2.75, 3.05) is 18.0 Å². The van der Waals surface area contributed by atoms with Gasteiger partial charge in [0.25, 0.3) is 0 Å². The summed E-state index contributed by atoms with van der Waals surface area (Å²) in [5.41, 5.74) is 5.89. The summed E-state index contributed by atoms with van der Waals surface area (Å²) in [7, 11) is 0. The van der Waals surface area contributed by atoms with Crippen LogP contribution in [0.5, 0.6) is 0 Å². The minimum absolute atomic E-state index is 0.0815. The van der Waals surface area contributed by atoms with Crippen molar-refractivity contribution in [2.24, 2.45) is 5.73 Å². The number of aromatic nitrogens is 2. The number of amides is 1. The first kappa shape index (κ1) is 14.3. The molecule has 1 aliphatic carbocycles. The summed E-state index contributed by atoms with van der Waals surface area (Å²) in [5.74, 6) is 0.823. The van der Waals surface area contributed by atoms with Crippen LogP contribution in [0.4, 0.5) is 5.95 Å². The SMILES string of the molecule is NC1(CC(=O)NC2CCCN(c3ncccn3)C2)CCC1. The lowest BCUT2D eigenvalue weighted by molar-refractivity contribution is -0.123. The van der Waals surface area contributed by atoms with Crippen LogP contribution in [-0.4, -0.2) is 40.5 Å². The highest BCUT2D eigenvalue weighted by Gasteiger charge is 2.35. The van der Waals surface area contributed by atoms with E-state index in [1.165, 1.54) is 0 Å². The summed E-state index contributed by atoms with van der Waals surface area (Å²) in [5, 5.41) is 3.13. The first-order valence-corrected chi connectivity index (χ1v) is 7.75. The van der Waals surface area contributed by atoms with E-state index in [1.807, 2.05) is 6.07 Å². The third-order valence-electron chi connectivity index (χ3n) is 4.48. The number of carbonyl (C=O) groups is 1. The van der Waals surface area contributed by atoms with Crippen LogP contribution >= 0.6 is 0 Å². The van der Waals surface area contributed by atoms with Crippen LogP contribution in [0.2, 0.25) is 0 Å². The Hall–Kier alpha value is -1.69. The first-order valence-electron chi connectivity index (χ1n) is 7.75. The van der Waals surface area contributed by atoms with Gasteiger partial charge in [0, 0.05) is 43.5 Å². The van der Waals surface area contributed by atoms with Gasteiger partial charge in [-0.1, -0.05) is 0 Å². The fourth-order valence-electron chi connectivity index (χ4n) is 3.14. The van der Waals surface area contributed by atoms with Gasteiger partial charge in [-0.2, -0.15) is 0 Å². The largest absolute Gasteiger partial charge is 0.352 e. The van der Waals surface area contributed by atoms with Gasteiger partial charge < -0.3 is 16.0 Å². The maximum Gasteiger partial charge on any atom is 0.225 e. The van der Waals surface area contributed by atoms with Crippen LogP contribution in [0.15, 0.2) is 18.5 Å². The van der Waals surface area contributed by atoms with Crippen LogP contribution < -0.4 is 16.0 Å². The number of nitrogens with two attached hydrogens (primary N) is 1. The van der Waals surface area contributed by atoms with E-state index in [1.54, 1.807) is 12.4 Å². The summed E-state index contributed by atoms with van der Waals surface area (Å²) in [6.07, 6.45) is 9.07. The molecule has 0 radical (unpaired) electrons. The van der Waals surface area contributed by atoms with E-state index in [2.05, 4.69) is 20.2 Å². The molecule has 2 fully saturated rings. The Kier molecular flexibility index (Phi) is 4.05. The zero-order valence-electron chi connectivity index (χ0n) is 12.3. The van der Waals surface area contributed by atoms with Gasteiger partial charge in [-0.3, -0.25) is 4.79 Å². The predicted molar refractivity (Wildman–Crippen MR) is 80.8 cm³/mol. The molecular formula is C15H23N5O. The molecule has 0 spiro atoms. The molecule has 1 aliphatic heterocycles. The number of hydrogen-bond donors (Lipinski definition) is 2. The number of nitrogens with zero attached hydrogens (tertiary/aromatic N) is 3. The molecule has 21 heavy (non-hydrogen) atoms. The van der Waals surface area contributed by atoms with E-state index in [-0.39, 0.29) is 17.5 Å². The average Bonchev–Trinajstić information content (AvgIpc) is 2.47. The van der Waals surface area contributed by atoms with E-state index >= 15 is 0 Å². The maximum absolute atomic E-state index is 12.1. The van der Waals surface area contributed by atoms with Gasteiger partial charge in [-0.15, -0.1) is 0 Å². The number of hydrogen-bond acceptors (Lipinski definition) is 5. The highest BCUT2D eigenvalue weighted by molar-refractivity contribution is 5.77. The molecule has 2 aliphatic rings. The van der Waals surface area contributed by atoms with Crippen LogP contribution in [-0.2, 0) is 4.79 Å². The van der Waals surface area contributed by atoms with Gasteiger partial charge in [-0.25, -0.2) is 9.97 Å². The number of piperidine rings is 1. The number of nitrogens with one attached hydrogen (secondary N) is 1.